The lowest BCUT2D eigenvalue weighted by Gasteiger charge is -2.31. The van der Waals surface area contributed by atoms with E-state index in [4.69, 9.17) is 0 Å². The summed E-state index contributed by atoms with van der Waals surface area (Å²) in [6, 6.07) is 66.9. The monoisotopic (exact) mass is 890 g/mol. The number of benzene rings is 8. The maximum Gasteiger partial charge on any atom is 0.0540 e. The average molecular weight is 890 g/mol. The topological polar surface area (TPSA) is 3.24 Å². The third-order valence-electron chi connectivity index (χ3n) is 14.4. The lowest BCUT2D eigenvalue weighted by Crippen LogP contribution is -2.18. The van der Waals surface area contributed by atoms with Crippen LogP contribution in [0.3, 0.4) is 0 Å². The summed E-state index contributed by atoms with van der Waals surface area (Å²) >= 11 is 0. The molecule has 0 heterocycles. The van der Waals surface area contributed by atoms with E-state index < -0.39 is 0 Å². The van der Waals surface area contributed by atoms with Crippen LogP contribution in [-0.4, -0.2) is 0 Å². The molecule has 8 aromatic carbocycles. The highest BCUT2D eigenvalue weighted by Gasteiger charge is 2.36. The zero-order chi connectivity index (χ0) is 48.6. The van der Waals surface area contributed by atoms with E-state index in [1.807, 2.05) is 0 Å². The summed E-state index contributed by atoms with van der Waals surface area (Å²) < 4.78 is 0. The fraction of sp³-hybridized carbons (Fsp3) is 0.284. The van der Waals surface area contributed by atoms with Crippen molar-refractivity contribution in [1.82, 2.24) is 0 Å². The fourth-order valence-electron chi connectivity index (χ4n) is 10.0. The van der Waals surface area contributed by atoms with Crippen LogP contribution in [0.1, 0.15) is 130 Å². The SMILES string of the molecule is CC(C)(C)c1cc(-c2ccc(-c3cc(N(c4ccc5c(c4)C(C)(C)c4ccccc4-5)c4ccccc4-c4ccccc4)cc(C(C)(C)C)c3)cc2)cc(-c2cc(C(C)(C)C)cc(C(C)(C)C)c2)c1. The predicted octanol–water partition coefficient (Wildman–Crippen LogP) is 19.3. The van der Waals surface area contributed by atoms with E-state index in [0.29, 0.717) is 0 Å². The van der Waals surface area contributed by atoms with E-state index in [1.165, 1.54) is 89.0 Å². The molecule has 0 saturated carbocycles. The Hall–Kier alpha value is -6.44. The van der Waals surface area contributed by atoms with Gasteiger partial charge in [0.15, 0.2) is 0 Å². The van der Waals surface area contributed by atoms with Crippen molar-refractivity contribution in [2.24, 2.45) is 0 Å². The molecule has 1 nitrogen and oxygen atoms in total. The number of anilines is 3. The van der Waals surface area contributed by atoms with E-state index in [2.05, 4.69) is 278 Å². The van der Waals surface area contributed by atoms with Crippen LogP contribution >= 0.6 is 0 Å². The molecule has 0 amide bonds. The Labute approximate surface area is 409 Å². The largest absolute Gasteiger partial charge is 0.310 e. The first kappa shape index (κ1) is 46.7. The van der Waals surface area contributed by atoms with Crippen LogP contribution in [0, 0.1) is 0 Å². The van der Waals surface area contributed by atoms with Gasteiger partial charge in [0.2, 0.25) is 0 Å². The molecule has 0 spiro atoms. The van der Waals surface area contributed by atoms with Gasteiger partial charge in [-0.2, -0.15) is 0 Å². The van der Waals surface area contributed by atoms with Gasteiger partial charge in [0.25, 0.3) is 0 Å². The summed E-state index contributed by atoms with van der Waals surface area (Å²) in [6.45, 7) is 32.7. The molecule has 68 heavy (non-hydrogen) atoms. The van der Waals surface area contributed by atoms with Crippen molar-refractivity contribution >= 4 is 17.1 Å². The van der Waals surface area contributed by atoms with Gasteiger partial charge in [-0.25, -0.2) is 0 Å². The van der Waals surface area contributed by atoms with Crippen LogP contribution in [0.4, 0.5) is 17.1 Å². The Balaban J connectivity index is 1.19. The molecular weight excluding hydrogens is 819 g/mol. The number of hydrogen-bond acceptors (Lipinski definition) is 1. The molecule has 0 unspecified atom stereocenters. The average Bonchev–Trinajstić information content (AvgIpc) is 3.53. The molecule has 0 saturated heterocycles. The molecule has 1 aliphatic carbocycles. The Bertz CT molecular complexity index is 3120. The van der Waals surface area contributed by atoms with Gasteiger partial charge in [-0.15, -0.1) is 0 Å². The van der Waals surface area contributed by atoms with Crippen molar-refractivity contribution in [3.05, 3.63) is 209 Å². The minimum atomic E-state index is -0.133. The third-order valence-corrected chi connectivity index (χ3v) is 14.4. The van der Waals surface area contributed by atoms with Gasteiger partial charge in [0.05, 0.1) is 5.69 Å². The highest BCUT2D eigenvalue weighted by Crippen LogP contribution is 2.52. The minimum Gasteiger partial charge on any atom is -0.310 e. The molecule has 0 radical (unpaired) electrons. The number of fused-ring (bicyclic) bond motifs is 3. The van der Waals surface area contributed by atoms with Crippen molar-refractivity contribution in [3.63, 3.8) is 0 Å². The molecule has 1 aliphatic rings. The number of nitrogens with zero attached hydrogens (tertiary/aromatic N) is 1. The Morgan fingerprint density at radius 3 is 1.28 bits per heavy atom. The van der Waals surface area contributed by atoms with Gasteiger partial charge < -0.3 is 4.90 Å². The number of rotatable bonds is 7. The van der Waals surface area contributed by atoms with E-state index in [9.17, 15) is 0 Å². The molecule has 0 atom stereocenters. The van der Waals surface area contributed by atoms with Crippen molar-refractivity contribution in [2.45, 2.75) is 124 Å². The van der Waals surface area contributed by atoms with Crippen LogP contribution in [0.2, 0.25) is 0 Å². The highest BCUT2D eigenvalue weighted by molar-refractivity contribution is 5.92. The standard InChI is InChI=1S/C67H71N/c1-63(2,3)51-35-47(34-48(36-51)49-37-52(64(4,5)6)41-53(38-49)65(7,8)9)44-28-30-45(31-29-44)50-39-54(66(10,11)12)42-56(40-50)68(62-27-21-19-24-57(62)46-22-16-15-17-23-46)55-32-33-59-58-25-18-20-26-60(58)67(13,14)61(59)43-55/h15-43H,1-14H3. The molecule has 344 valence electrons. The quantitative estimate of drug-likeness (QED) is 0.154. The van der Waals surface area contributed by atoms with Crippen LogP contribution in [-0.2, 0) is 27.1 Å². The van der Waals surface area contributed by atoms with Gasteiger partial charge in [0.1, 0.15) is 0 Å². The summed E-state index contributed by atoms with van der Waals surface area (Å²) in [5, 5.41) is 0. The van der Waals surface area contributed by atoms with Crippen molar-refractivity contribution in [1.29, 1.82) is 0 Å². The first-order valence-electron chi connectivity index (χ1n) is 24.7. The maximum atomic E-state index is 2.51. The first-order chi connectivity index (χ1) is 32.0. The lowest BCUT2D eigenvalue weighted by molar-refractivity contribution is 0.569. The molecule has 0 aliphatic heterocycles. The molecule has 1 heteroatoms. The second-order valence-electron chi connectivity index (χ2n) is 24.1. The summed E-state index contributed by atoms with van der Waals surface area (Å²) in [6.07, 6.45) is 0. The zero-order valence-electron chi connectivity index (χ0n) is 43.2. The Kier molecular flexibility index (Phi) is 11.6. The minimum absolute atomic E-state index is 0.0213. The zero-order valence-corrected chi connectivity index (χ0v) is 43.2. The fourth-order valence-corrected chi connectivity index (χ4v) is 10.0. The van der Waals surface area contributed by atoms with Crippen molar-refractivity contribution < 1.29 is 0 Å². The molecule has 0 aromatic heterocycles. The van der Waals surface area contributed by atoms with Gasteiger partial charge in [-0.3, -0.25) is 0 Å². The summed E-state index contributed by atoms with van der Waals surface area (Å²) in [5.41, 5.74) is 23.8. The first-order valence-corrected chi connectivity index (χ1v) is 24.7. The number of para-hydroxylation sites is 1. The van der Waals surface area contributed by atoms with E-state index >= 15 is 0 Å². The Morgan fingerprint density at radius 1 is 0.294 bits per heavy atom. The van der Waals surface area contributed by atoms with Crippen molar-refractivity contribution in [3.8, 4) is 55.6 Å². The van der Waals surface area contributed by atoms with E-state index in [1.54, 1.807) is 0 Å². The number of hydrogen-bond donors (Lipinski definition) is 0. The van der Waals surface area contributed by atoms with E-state index in [0.717, 1.165) is 17.1 Å². The van der Waals surface area contributed by atoms with Gasteiger partial charge in [-0.1, -0.05) is 236 Å². The molecule has 9 rings (SSSR count). The normalized spacial score (nSPS) is 13.6. The highest BCUT2D eigenvalue weighted by atomic mass is 15.1. The molecular formula is C67H71N. The summed E-state index contributed by atoms with van der Waals surface area (Å²) in [7, 11) is 0. The van der Waals surface area contributed by atoms with Crippen LogP contribution in [0.25, 0.3) is 55.6 Å². The smallest absolute Gasteiger partial charge is 0.0540 e. The van der Waals surface area contributed by atoms with Crippen LogP contribution < -0.4 is 4.90 Å². The van der Waals surface area contributed by atoms with Gasteiger partial charge >= 0.3 is 0 Å². The van der Waals surface area contributed by atoms with E-state index in [-0.39, 0.29) is 27.1 Å². The van der Waals surface area contributed by atoms with Gasteiger partial charge in [0, 0.05) is 22.4 Å². The molecule has 0 fully saturated rings. The lowest BCUT2D eigenvalue weighted by atomic mass is 9.78. The predicted molar refractivity (Wildman–Crippen MR) is 295 cm³/mol. The van der Waals surface area contributed by atoms with Gasteiger partial charge in [-0.05, 0) is 142 Å². The summed E-state index contributed by atoms with van der Waals surface area (Å²) in [4.78, 5) is 2.51. The second-order valence-corrected chi connectivity index (χ2v) is 24.1. The summed E-state index contributed by atoms with van der Waals surface area (Å²) in [5.74, 6) is 0. The third kappa shape index (κ3) is 9.01. The van der Waals surface area contributed by atoms with Crippen LogP contribution in [0.5, 0.6) is 0 Å². The molecule has 8 aromatic rings. The molecule has 0 bridgehead atoms. The molecule has 0 N–H and O–H groups in total. The van der Waals surface area contributed by atoms with Crippen molar-refractivity contribution in [2.75, 3.05) is 4.90 Å². The second kappa shape index (κ2) is 17.0. The maximum absolute atomic E-state index is 2.51. The Morgan fingerprint density at radius 2 is 0.721 bits per heavy atom. The van der Waals surface area contributed by atoms with Crippen LogP contribution in [0.15, 0.2) is 176 Å².